The van der Waals surface area contributed by atoms with E-state index in [1.807, 2.05) is 49.9 Å². The lowest BCUT2D eigenvalue weighted by Gasteiger charge is -2.36. The Bertz CT molecular complexity index is 840. The van der Waals surface area contributed by atoms with E-state index in [0.29, 0.717) is 43.8 Å². The van der Waals surface area contributed by atoms with Gasteiger partial charge in [0.15, 0.2) is 6.61 Å². The van der Waals surface area contributed by atoms with Crippen molar-refractivity contribution in [1.29, 1.82) is 0 Å². The van der Waals surface area contributed by atoms with Crippen molar-refractivity contribution in [3.05, 3.63) is 41.6 Å². The smallest absolute Gasteiger partial charge is 0.260 e. The van der Waals surface area contributed by atoms with Crippen molar-refractivity contribution in [2.24, 2.45) is 5.41 Å². The molecule has 2 aliphatic rings. The number of amides is 1. The first kappa shape index (κ1) is 19.9. The van der Waals surface area contributed by atoms with Crippen molar-refractivity contribution in [1.82, 2.24) is 15.1 Å². The zero-order valence-electron chi connectivity index (χ0n) is 17.4. The van der Waals surface area contributed by atoms with Gasteiger partial charge < -0.3 is 18.8 Å². The number of hydrogen-bond donors (Lipinski definition) is 0. The quantitative estimate of drug-likeness (QED) is 0.768. The number of hydrogen-bond acceptors (Lipinski definition) is 6. The lowest BCUT2D eigenvalue weighted by molar-refractivity contribution is -0.133. The SMILES string of the molecule is Cc1ccc(OCC(=O)N2CC(c3nnc(C(C)C)o3)C3(CCOCC3)C2)cc1. The molecule has 7 heteroatoms. The van der Waals surface area contributed by atoms with Gasteiger partial charge in [-0.15, -0.1) is 10.2 Å². The molecule has 1 aromatic carbocycles. The second kappa shape index (κ2) is 8.14. The molecule has 3 heterocycles. The Morgan fingerprint density at radius 3 is 2.62 bits per heavy atom. The van der Waals surface area contributed by atoms with E-state index in [-0.39, 0.29) is 29.8 Å². The van der Waals surface area contributed by atoms with E-state index in [9.17, 15) is 4.79 Å². The van der Waals surface area contributed by atoms with Crippen LogP contribution in [0, 0.1) is 12.3 Å². The van der Waals surface area contributed by atoms with Crippen LogP contribution in [-0.2, 0) is 9.53 Å². The zero-order chi connectivity index (χ0) is 20.4. The lowest BCUT2D eigenvalue weighted by atomic mass is 9.72. The number of nitrogens with zero attached hydrogens (tertiary/aromatic N) is 3. The van der Waals surface area contributed by atoms with E-state index in [0.717, 1.165) is 18.4 Å². The summed E-state index contributed by atoms with van der Waals surface area (Å²) in [5, 5.41) is 8.55. The first-order valence-corrected chi connectivity index (χ1v) is 10.4. The molecule has 1 aromatic heterocycles. The maximum atomic E-state index is 12.9. The maximum Gasteiger partial charge on any atom is 0.260 e. The summed E-state index contributed by atoms with van der Waals surface area (Å²) in [5.74, 6) is 2.21. The molecule has 2 saturated heterocycles. The summed E-state index contributed by atoms with van der Waals surface area (Å²) in [5.41, 5.74) is 1.09. The van der Waals surface area contributed by atoms with Gasteiger partial charge in [-0.05, 0) is 31.9 Å². The van der Waals surface area contributed by atoms with Crippen molar-refractivity contribution in [3.8, 4) is 5.75 Å². The Kier molecular flexibility index (Phi) is 5.58. The van der Waals surface area contributed by atoms with Crippen LogP contribution >= 0.6 is 0 Å². The topological polar surface area (TPSA) is 77.7 Å². The van der Waals surface area contributed by atoms with Crippen LogP contribution in [0.5, 0.6) is 5.75 Å². The molecule has 0 radical (unpaired) electrons. The maximum absolute atomic E-state index is 12.9. The second-order valence-electron chi connectivity index (χ2n) is 8.54. The van der Waals surface area contributed by atoms with E-state index < -0.39 is 0 Å². The number of benzene rings is 1. The minimum atomic E-state index is -0.0709. The van der Waals surface area contributed by atoms with Crippen LogP contribution in [0.2, 0.25) is 0 Å². The third kappa shape index (κ3) is 4.15. The van der Waals surface area contributed by atoms with Crippen LogP contribution in [0.25, 0.3) is 0 Å². The van der Waals surface area contributed by atoms with Crippen LogP contribution in [0.1, 0.15) is 55.9 Å². The van der Waals surface area contributed by atoms with Gasteiger partial charge >= 0.3 is 0 Å². The fourth-order valence-electron chi connectivity index (χ4n) is 4.27. The van der Waals surface area contributed by atoms with Gasteiger partial charge in [0.1, 0.15) is 5.75 Å². The summed E-state index contributed by atoms with van der Waals surface area (Å²) in [7, 11) is 0. The Hall–Kier alpha value is -2.41. The Balaban J connectivity index is 1.48. The minimum Gasteiger partial charge on any atom is -0.484 e. The molecule has 2 aromatic rings. The van der Waals surface area contributed by atoms with Crippen LogP contribution in [0.3, 0.4) is 0 Å². The molecule has 1 atom stereocenters. The number of carbonyl (C=O) groups excluding carboxylic acids is 1. The highest BCUT2D eigenvalue weighted by Gasteiger charge is 2.51. The highest BCUT2D eigenvalue weighted by molar-refractivity contribution is 5.78. The molecule has 0 N–H and O–H groups in total. The summed E-state index contributed by atoms with van der Waals surface area (Å²) in [4.78, 5) is 14.8. The highest BCUT2D eigenvalue weighted by atomic mass is 16.5. The average Bonchev–Trinajstić information content (AvgIpc) is 3.33. The Morgan fingerprint density at radius 2 is 1.97 bits per heavy atom. The Labute approximate surface area is 171 Å². The second-order valence-corrected chi connectivity index (χ2v) is 8.54. The molecular formula is C22H29N3O4. The molecule has 1 spiro atoms. The molecule has 2 aliphatic heterocycles. The molecule has 0 bridgehead atoms. The van der Waals surface area contributed by atoms with Gasteiger partial charge in [0.05, 0.1) is 5.92 Å². The van der Waals surface area contributed by atoms with Gasteiger partial charge in [-0.1, -0.05) is 31.5 Å². The Morgan fingerprint density at radius 1 is 1.24 bits per heavy atom. The number of aryl methyl sites for hydroxylation is 1. The van der Waals surface area contributed by atoms with Crippen LogP contribution in [0.15, 0.2) is 28.7 Å². The standard InChI is InChI=1S/C22H29N3O4/c1-15(2)20-23-24-21(29-20)18-12-25(14-22(18)8-10-27-11-9-22)19(26)13-28-17-6-4-16(3)5-7-17/h4-7,15,18H,8-14H2,1-3H3. The predicted octanol–water partition coefficient (Wildman–Crippen LogP) is 3.30. The number of rotatable bonds is 5. The van der Waals surface area contributed by atoms with E-state index in [1.54, 1.807) is 0 Å². The third-order valence-corrected chi connectivity index (χ3v) is 6.12. The fraction of sp³-hybridized carbons (Fsp3) is 0.591. The number of aromatic nitrogens is 2. The van der Waals surface area contributed by atoms with Gasteiger partial charge in [0.2, 0.25) is 11.8 Å². The van der Waals surface area contributed by atoms with E-state index in [1.165, 1.54) is 0 Å². The van der Waals surface area contributed by atoms with Crippen LogP contribution in [-0.4, -0.2) is 53.9 Å². The summed E-state index contributed by atoms with van der Waals surface area (Å²) < 4.78 is 17.3. The lowest BCUT2D eigenvalue weighted by Crippen LogP contribution is -2.38. The zero-order valence-corrected chi connectivity index (χ0v) is 17.4. The summed E-state index contributed by atoms with van der Waals surface area (Å²) in [6.07, 6.45) is 1.78. The fourth-order valence-corrected chi connectivity index (χ4v) is 4.27. The number of likely N-dealkylation sites (tertiary alicyclic amines) is 1. The minimum absolute atomic E-state index is 0.0115. The predicted molar refractivity (Wildman–Crippen MR) is 107 cm³/mol. The van der Waals surface area contributed by atoms with Crippen molar-refractivity contribution in [3.63, 3.8) is 0 Å². The number of ether oxygens (including phenoxy) is 2. The highest BCUT2D eigenvalue weighted by Crippen LogP contribution is 2.49. The van der Waals surface area contributed by atoms with Gasteiger partial charge in [-0.3, -0.25) is 4.79 Å². The molecule has 0 saturated carbocycles. The summed E-state index contributed by atoms with van der Waals surface area (Å²) >= 11 is 0. The average molecular weight is 399 g/mol. The summed E-state index contributed by atoms with van der Waals surface area (Å²) in [6.45, 7) is 8.78. The first-order valence-electron chi connectivity index (χ1n) is 10.4. The molecule has 0 aliphatic carbocycles. The van der Waals surface area contributed by atoms with Gasteiger partial charge in [-0.25, -0.2) is 0 Å². The van der Waals surface area contributed by atoms with E-state index in [2.05, 4.69) is 10.2 Å². The molecule has 1 unspecified atom stereocenters. The van der Waals surface area contributed by atoms with E-state index >= 15 is 0 Å². The molecule has 156 valence electrons. The van der Waals surface area contributed by atoms with Gasteiger partial charge in [-0.2, -0.15) is 0 Å². The first-order chi connectivity index (χ1) is 14.0. The molecule has 29 heavy (non-hydrogen) atoms. The van der Waals surface area contributed by atoms with Gasteiger partial charge in [0.25, 0.3) is 5.91 Å². The summed E-state index contributed by atoms with van der Waals surface area (Å²) in [6, 6.07) is 7.73. The van der Waals surface area contributed by atoms with Crippen molar-refractivity contribution < 1.29 is 18.7 Å². The van der Waals surface area contributed by atoms with E-state index in [4.69, 9.17) is 13.9 Å². The van der Waals surface area contributed by atoms with Crippen molar-refractivity contribution in [2.45, 2.75) is 45.4 Å². The monoisotopic (exact) mass is 399 g/mol. The van der Waals surface area contributed by atoms with Crippen molar-refractivity contribution in [2.75, 3.05) is 32.9 Å². The largest absolute Gasteiger partial charge is 0.484 e. The van der Waals surface area contributed by atoms with Crippen molar-refractivity contribution >= 4 is 5.91 Å². The normalized spacial score (nSPS) is 21.1. The molecule has 7 nitrogen and oxygen atoms in total. The molecular weight excluding hydrogens is 370 g/mol. The van der Waals surface area contributed by atoms with Crippen LogP contribution < -0.4 is 4.74 Å². The number of carbonyl (C=O) groups is 1. The third-order valence-electron chi connectivity index (χ3n) is 6.12. The van der Waals surface area contributed by atoms with Crippen LogP contribution in [0.4, 0.5) is 0 Å². The molecule has 1 amide bonds. The molecule has 4 rings (SSSR count). The van der Waals surface area contributed by atoms with Gasteiger partial charge in [0, 0.05) is 37.6 Å². The molecule has 2 fully saturated rings.